The first-order valence-corrected chi connectivity index (χ1v) is 6.76. The third-order valence-corrected chi connectivity index (χ3v) is 2.72. The van der Waals surface area contributed by atoms with Crippen LogP contribution in [0, 0.1) is 10.1 Å². The highest BCUT2D eigenvalue weighted by Gasteiger charge is 2.21. The van der Waals surface area contributed by atoms with Crippen molar-refractivity contribution in [2.24, 2.45) is 0 Å². The number of hydrogen-bond acceptors (Lipinski definition) is 5. The summed E-state index contributed by atoms with van der Waals surface area (Å²) in [6.07, 6.45) is 0. The molecule has 0 aliphatic carbocycles. The van der Waals surface area contributed by atoms with Gasteiger partial charge in [0.05, 0.1) is 15.5 Å². The number of nitro groups is 1. The fraction of sp³-hybridized carbons (Fsp3) is 0.308. The maximum absolute atomic E-state index is 11.9. The van der Waals surface area contributed by atoms with Crippen LogP contribution in [-0.2, 0) is 9.59 Å². The predicted octanol–water partition coefficient (Wildman–Crippen LogP) is 0.924. The van der Waals surface area contributed by atoms with Gasteiger partial charge in [0, 0.05) is 17.7 Å². The summed E-state index contributed by atoms with van der Waals surface area (Å²) < 4.78 is 0. The third-order valence-electron chi connectivity index (χ3n) is 2.39. The number of nitrogens with one attached hydrogen (secondary N) is 3. The van der Waals surface area contributed by atoms with Crippen LogP contribution < -0.4 is 16.2 Å². The molecule has 0 aliphatic rings. The smallest absolute Gasteiger partial charge is 0.327 e. The number of hydrazine groups is 1. The minimum atomic E-state index is -1.09. The van der Waals surface area contributed by atoms with E-state index in [2.05, 4.69) is 5.32 Å². The van der Waals surface area contributed by atoms with Crippen molar-refractivity contribution in [1.82, 2.24) is 16.2 Å². The van der Waals surface area contributed by atoms with Gasteiger partial charge < -0.3 is 5.32 Å². The minimum absolute atomic E-state index is 0.0403. The highest BCUT2D eigenvalue weighted by atomic mass is 35.5. The van der Waals surface area contributed by atoms with Crippen molar-refractivity contribution in [3.63, 3.8) is 0 Å². The van der Waals surface area contributed by atoms with Gasteiger partial charge in [0.1, 0.15) is 0 Å². The average Bonchev–Trinajstić information content (AvgIpc) is 2.42. The first-order chi connectivity index (χ1) is 10.5. The monoisotopic (exact) mass is 342 g/mol. The Bertz CT molecular complexity index is 669. The molecule has 23 heavy (non-hydrogen) atoms. The molecule has 0 aromatic heterocycles. The third kappa shape index (κ3) is 5.55. The summed E-state index contributed by atoms with van der Waals surface area (Å²) in [5.74, 6) is -2.92. The second-order valence-electron chi connectivity index (χ2n) is 5.53. The maximum atomic E-state index is 11.9. The largest absolute Gasteiger partial charge is 0.343 e. The van der Waals surface area contributed by atoms with Gasteiger partial charge in [-0.25, -0.2) is 0 Å². The highest BCUT2D eigenvalue weighted by Crippen LogP contribution is 2.21. The number of hydrogen-bond donors (Lipinski definition) is 3. The number of amides is 3. The van der Waals surface area contributed by atoms with Crippen molar-refractivity contribution in [2.75, 3.05) is 0 Å². The zero-order valence-electron chi connectivity index (χ0n) is 12.6. The van der Waals surface area contributed by atoms with Crippen molar-refractivity contribution in [2.45, 2.75) is 26.3 Å². The van der Waals surface area contributed by atoms with Crippen LogP contribution in [0.1, 0.15) is 31.1 Å². The number of carbonyl (C=O) groups excluding carboxylic acids is 3. The fourth-order valence-corrected chi connectivity index (χ4v) is 1.64. The molecule has 0 fully saturated rings. The fourth-order valence-electron chi connectivity index (χ4n) is 1.44. The number of rotatable bonds is 2. The molecule has 0 unspecified atom stereocenters. The second-order valence-corrected chi connectivity index (χ2v) is 5.94. The number of non-ortho nitro benzene ring substituents is 1. The Labute approximate surface area is 136 Å². The van der Waals surface area contributed by atoms with Crippen molar-refractivity contribution >= 4 is 35.0 Å². The van der Waals surface area contributed by atoms with Crippen LogP contribution >= 0.6 is 11.6 Å². The second kappa shape index (κ2) is 7.05. The Hall–Kier alpha value is -2.68. The van der Waals surface area contributed by atoms with Gasteiger partial charge in [-0.2, -0.15) is 0 Å². The molecule has 0 saturated carbocycles. The summed E-state index contributed by atoms with van der Waals surface area (Å²) >= 11 is 5.79. The van der Waals surface area contributed by atoms with E-state index in [1.165, 1.54) is 6.07 Å². The van der Waals surface area contributed by atoms with E-state index in [9.17, 15) is 24.5 Å². The number of benzene rings is 1. The van der Waals surface area contributed by atoms with Crippen LogP contribution in [0.3, 0.4) is 0 Å². The zero-order chi connectivity index (χ0) is 17.8. The van der Waals surface area contributed by atoms with E-state index in [1.54, 1.807) is 20.8 Å². The molecular formula is C13H15ClN4O5. The zero-order valence-corrected chi connectivity index (χ0v) is 13.4. The van der Waals surface area contributed by atoms with E-state index in [4.69, 9.17) is 11.6 Å². The lowest BCUT2D eigenvalue weighted by Crippen LogP contribution is -2.52. The first-order valence-electron chi connectivity index (χ1n) is 6.38. The molecule has 0 saturated heterocycles. The molecular weight excluding hydrogens is 328 g/mol. The standard InChI is InChI=1S/C13H15ClN4O5/c1-13(2,3)15-11(20)12(21)17-16-10(19)8-6-7(18(22)23)4-5-9(8)14/h4-6H,1-3H3,(H,15,20)(H,16,19)(H,17,21). The Morgan fingerprint density at radius 2 is 1.74 bits per heavy atom. The first kappa shape index (κ1) is 18.4. The highest BCUT2D eigenvalue weighted by molar-refractivity contribution is 6.36. The molecule has 1 rings (SSSR count). The number of nitro benzene ring substituents is 1. The Kier molecular flexibility index (Phi) is 5.63. The average molecular weight is 343 g/mol. The van der Waals surface area contributed by atoms with Gasteiger partial charge in [-0.15, -0.1) is 0 Å². The number of carbonyl (C=O) groups is 3. The summed E-state index contributed by atoms with van der Waals surface area (Å²) in [5.41, 5.74) is 2.70. The summed E-state index contributed by atoms with van der Waals surface area (Å²) in [5, 5.41) is 13.0. The lowest BCUT2D eigenvalue weighted by Gasteiger charge is -2.19. The van der Waals surface area contributed by atoms with Gasteiger partial charge in [0.15, 0.2) is 0 Å². The van der Waals surface area contributed by atoms with Crippen LogP contribution in [-0.4, -0.2) is 28.2 Å². The van der Waals surface area contributed by atoms with Crippen LogP contribution in [0.15, 0.2) is 18.2 Å². The summed E-state index contributed by atoms with van der Waals surface area (Å²) in [6.45, 7) is 5.04. The molecule has 124 valence electrons. The topological polar surface area (TPSA) is 130 Å². The Morgan fingerprint density at radius 3 is 2.26 bits per heavy atom. The van der Waals surface area contributed by atoms with Crippen LogP contribution in [0.25, 0.3) is 0 Å². The van der Waals surface area contributed by atoms with Crippen molar-refractivity contribution < 1.29 is 19.3 Å². The normalized spacial score (nSPS) is 10.6. The molecule has 1 aromatic carbocycles. The van der Waals surface area contributed by atoms with Gasteiger partial charge in [0.25, 0.3) is 11.6 Å². The van der Waals surface area contributed by atoms with Crippen molar-refractivity contribution in [3.8, 4) is 0 Å². The lowest BCUT2D eigenvalue weighted by molar-refractivity contribution is -0.384. The van der Waals surface area contributed by atoms with Gasteiger partial charge in [-0.1, -0.05) is 11.6 Å². The maximum Gasteiger partial charge on any atom is 0.327 e. The van der Waals surface area contributed by atoms with E-state index in [0.29, 0.717) is 0 Å². The minimum Gasteiger partial charge on any atom is -0.343 e. The van der Waals surface area contributed by atoms with E-state index in [-0.39, 0.29) is 16.3 Å². The van der Waals surface area contributed by atoms with Crippen LogP contribution in [0.2, 0.25) is 5.02 Å². The molecule has 0 bridgehead atoms. The molecule has 3 amide bonds. The quantitative estimate of drug-likeness (QED) is 0.418. The molecule has 10 heteroatoms. The molecule has 0 radical (unpaired) electrons. The van der Waals surface area contributed by atoms with E-state index in [1.807, 2.05) is 10.9 Å². The molecule has 3 N–H and O–H groups in total. The molecule has 0 spiro atoms. The van der Waals surface area contributed by atoms with Gasteiger partial charge >= 0.3 is 11.8 Å². The molecule has 0 atom stereocenters. The summed E-state index contributed by atoms with van der Waals surface area (Å²) in [6, 6.07) is 3.27. The van der Waals surface area contributed by atoms with E-state index >= 15 is 0 Å². The van der Waals surface area contributed by atoms with Gasteiger partial charge in [-0.3, -0.25) is 35.3 Å². The van der Waals surface area contributed by atoms with Gasteiger partial charge in [0.2, 0.25) is 0 Å². The Morgan fingerprint density at radius 1 is 1.13 bits per heavy atom. The molecule has 1 aromatic rings. The van der Waals surface area contributed by atoms with Crippen molar-refractivity contribution in [1.29, 1.82) is 0 Å². The molecule has 9 nitrogen and oxygen atoms in total. The Balaban J connectivity index is 2.74. The van der Waals surface area contributed by atoms with E-state index in [0.717, 1.165) is 12.1 Å². The molecule has 0 aliphatic heterocycles. The van der Waals surface area contributed by atoms with Crippen LogP contribution in [0.5, 0.6) is 0 Å². The number of nitrogens with zero attached hydrogens (tertiary/aromatic N) is 1. The predicted molar refractivity (Wildman–Crippen MR) is 81.6 cm³/mol. The summed E-state index contributed by atoms with van der Waals surface area (Å²) in [7, 11) is 0. The lowest BCUT2D eigenvalue weighted by atomic mass is 10.1. The number of halogens is 1. The van der Waals surface area contributed by atoms with Crippen molar-refractivity contribution in [3.05, 3.63) is 38.9 Å². The van der Waals surface area contributed by atoms with E-state index < -0.39 is 28.2 Å². The van der Waals surface area contributed by atoms with Gasteiger partial charge in [-0.05, 0) is 26.8 Å². The molecule has 0 heterocycles. The van der Waals surface area contributed by atoms with Crippen LogP contribution in [0.4, 0.5) is 5.69 Å². The SMILES string of the molecule is CC(C)(C)NC(=O)C(=O)NNC(=O)c1cc([N+](=O)[O-])ccc1Cl. The summed E-state index contributed by atoms with van der Waals surface area (Å²) in [4.78, 5) is 44.9.